The van der Waals surface area contributed by atoms with Crippen molar-refractivity contribution in [1.82, 2.24) is 30.3 Å². The molecule has 3 aromatic rings. The van der Waals surface area contributed by atoms with Gasteiger partial charge in [0.25, 0.3) is 0 Å². The number of rotatable bonds is 6. The Hall–Kier alpha value is -3.70. The van der Waals surface area contributed by atoms with E-state index in [-0.39, 0.29) is 21.8 Å². The average molecular weight is 478 g/mol. The Morgan fingerprint density at radius 1 is 1.33 bits per heavy atom. The molecule has 154 valence electrons. The number of nitrogens with zero attached hydrogens (tertiary/aromatic N) is 5. The molecule has 2 N–H and O–H groups in total. The standard InChI is InChI=1S/C17H13BrFN7O4/c1-25-7-9(21-13(25)8-27)4-5-20-15-14(22-30-23-15)16-24-29-17(28)26(16)10-2-3-12(19)11(18)6-10/h2-3,6-7,21H,4-5H2,1H3,(H,20,23). The predicted molar refractivity (Wildman–Crippen MR) is 104 cm³/mol. The summed E-state index contributed by atoms with van der Waals surface area (Å²) in [6.45, 7) is 0.407. The maximum absolute atomic E-state index is 13.6. The Labute approximate surface area is 175 Å². The van der Waals surface area contributed by atoms with Crippen molar-refractivity contribution in [2.24, 2.45) is 0 Å². The van der Waals surface area contributed by atoms with Crippen LogP contribution in [0.25, 0.3) is 17.2 Å². The van der Waals surface area contributed by atoms with Crippen LogP contribution in [0.2, 0.25) is 0 Å². The van der Waals surface area contributed by atoms with Crippen molar-refractivity contribution in [3.63, 3.8) is 0 Å². The van der Waals surface area contributed by atoms with Crippen LogP contribution in [-0.4, -0.2) is 44.5 Å². The molecule has 0 saturated carbocycles. The highest BCUT2D eigenvalue weighted by Gasteiger charge is 2.23. The molecule has 0 atom stereocenters. The zero-order valence-electron chi connectivity index (χ0n) is 15.3. The third-order valence-electron chi connectivity index (χ3n) is 4.23. The van der Waals surface area contributed by atoms with Gasteiger partial charge in [-0.05, 0) is 44.4 Å². The Bertz CT molecular complexity index is 1240. The highest BCUT2D eigenvalue weighted by atomic mass is 79.9. The average Bonchev–Trinajstić information content (AvgIpc) is 3.42. The summed E-state index contributed by atoms with van der Waals surface area (Å²) in [5, 5.41) is 17.3. The highest BCUT2D eigenvalue weighted by Crippen LogP contribution is 2.26. The van der Waals surface area contributed by atoms with E-state index >= 15 is 0 Å². The van der Waals surface area contributed by atoms with Crippen LogP contribution in [0.4, 0.5) is 10.2 Å². The first-order chi connectivity index (χ1) is 14.5. The Kier molecular flexibility index (Phi) is 5.21. The Morgan fingerprint density at radius 3 is 2.90 bits per heavy atom. The summed E-state index contributed by atoms with van der Waals surface area (Å²) in [4.78, 5) is 24.6. The van der Waals surface area contributed by atoms with Crippen molar-refractivity contribution in [1.29, 1.82) is 0 Å². The van der Waals surface area contributed by atoms with Gasteiger partial charge in [-0.3, -0.25) is 4.52 Å². The van der Waals surface area contributed by atoms with Gasteiger partial charge in [0.15, 0.2) is 17.5 Å². The van der Waals surface area contributed by atoms with Gasteiger partial charge in [-0.1, -0.05) is 5.16 Å². The lowest BCUT2D eigenvalue weighted by atomic mass is 10.3. The lowest BCUT2D eigenvalue weighted by molar-refractivity contribution is 0.309. The van der Waals surface area contributed by atoms with Gasteiger partial charge < -0.3 is 15.5 Å². The normalized spacial score (nSPS) is 13.2. The van der Waals surface area contributed by atoms with Gasteiger partial charge >= 0.3 is 5.76 Å². The SMILES string of the molecule is CN1C=C(CCNc2nonc2-c2noc(=O)n2-c2ccc(F)c(Br)c2)NC1=C=O. The van der Waals surface area contributed by atoms with Crippen LogP contribution in [0, 0.1) is 5.82 Å². The number of nitrogens with one attached hydrogen (secondary N) is 2. The Balaban J connectivity index is 1.56. The van der Waals surface area contributed by atoms with E-state index in [9.17, 15) is 14.0 Å². The molecule has 1 aliphatic rings. The van der Waals surface area contributed by atoms with Gasteiger partial charge in [-0.15, -0.1) is 0 Å². The van der Waals surface area contributed by atoms with Crippen molar-refractivity contribution < 1.29 is 18.3 Å². The second-order valence-corrected chi connectivity index (χ2v) is 7.04. The molecule has 3 heterocycles. The van der Waals surface area contributed by atoms with Gasteiger partial charge in [0, 0.05) is 31.9 Å². The van der Waals surface area contributed by atoms with Gasteiger partial charge in [0.2, 0.25) is 11.6 Å². The summed E-state index contributed by atoms with van der Waals surface area (Å²) in [5.41, 5.74) is 1.26. The van der Waals surface area contributed by atoms with Crippen molar-refractivity contribution in [2.45, 2.75) is 6.42 Å². The quantitative estimate of drug-likeness (QED) is 0.504. The molecule has 30 heavy (non-hydrogen) atoms. The maximum atomic E-state index is 13.6. The smallest absolute Gasteiger partial charge is 0.365 e. The number of carbonyl (C=O) groups excluding carboxylic acids is 1. The zero-order chi connectivity index (χ0) is 21.3. The van der Waals surface area contributed by atoms with Gasteiger partial charge in [-0.25, -0.2) is 23.2 Å². The molecule has 0 unspecified atom stereocenters. The van der Waals surface area contributed by atoms with Crippen molar-refractivity contribution in [2.75, 3.05) is 18.9 Å². The van der Waals surface area contributed by atoms with Crippen LogP contribution in [-0.2, 0) is 4.79 Å². The lowest BCUT2D eigenvalue weighted by Crippen LogP contribution is -2.16. The monoisotopic (exact) mass is 477 g/mol. The zero-order valence-corrected chi connectivity index (χ0v) is 16.9. The van der Waals surface area contributed by atoms with Crippen molar-refractivity contribution in [3.8, 4) is 17.2 Å². The molecular weight excluding hydrogens is 465 g/mol. The second-order valence-electron chi connectivity index (χ2n) is 6.19. The molecule has 11 nitrogen and oxygen atoms in total. The summed E-state index contributed by atoms with van der Waals surface area (Å²) in [5.74, 6) is 1.13. The molecule has 1 aliphatic heterocycles. The molecule has 13 heteroatoms. The third-order valence-corrected chi connectivity index (χ3v) is 4.84. The molecule has 2 aromatic heterocycles. The maximum Gasteiger partial charge on any atom is 0.446 e. The molecule has 0 fully saturated rings. The molecule has 4 rings (SSSR count). The largest absolute Gasteiger partial charge is 0.446 e. The van der Waals surface area contributed by atoms with Gasteiger partial charge in [0.05, 0.1) is 10.2 Å². The summed E-state index contributed by atoms with van der Waals surface area (Å²) < 4.78 is 24.4. The number of benzene rings is 1. The van der Waals surface area contributed by atoms with Crippen molar-refractivity contribution >= 4 is 27.7 Å². The number of hydrogen-bond donors (Lipinski definition) is 2. The first-order valence-corrected chi connectivity index (χ1v) is 9.34. The highest BCUT2D eigenvalue weighted by molar-refractivity contribution is 9.10. The summed E-state index contributed by atoms with van der Waals surface area (Å²) in [7, 11) is 1.73. The fraction of sp³-hybridized carbons (Fsp3) is 0.176. The van der Waals surface area contributed by atoms with Gasteiger partial charge in [-0.2, -0.15) is 0 Å². The predicted octanol–water partition coefficient (Wildman–Crippen LogP) is 1.63. The molecule has 0 saturated heterocycles. The molecule has 1 aromatic carbocycles. The molecule has 0 radical (unpaired) electrons. The number of anilines is 1. The first kappa shape index (κ1) is 19.6. The van der Waals surface area contributed by atoms with E-state index in [2.05, 4.69) is 42.0 Å². The Morgan fingerprint density at radius 2 is 2.17 bits per heavy atom. The molecule has 0 aliphatic carbocycles. The van der Waals surface area contributed by atoms with E-state index in [1.54, 1.807) is 24.1 Å². The number of aromatic nitrogens is 4. The molecule has 0 amide bonds. The van der Waals surface area contributed by atoms with E-state index < -0.39 is 11.6 Å². The summed E-state index contributed by atoms with van der Waals surface area (Å²) in [6.07, 6.45) is 2.30. The van der Waals surface area contributed by atoms with Crippen LogP contribution in [0.3, 0.4) is 0 Å². The van der Waals surface area contributed by atoms with Crippen molar-refractivity contribution in [3.05, 3.63) is 56.8 Å². The minimum Gasteiger partial charge on any atom is -0.365 e. The minimum absolute atomic E-state index is 0.0337. The van der Waals surface area contributed by atoms with Crippen LogP contribution < -0.4 is 16.4 Å². The van der Waals surface area contributed by atoms with Crippen LogP contribution in [0.5, 0.6) is 0 Å². The molecule has 0 spiro atoms. The number of halogens is 2. The van der Waals surface area contributed by atoms with E-state index in [1.807, 2.05) is 0 Å². The third kappa shape index (κ3) is 3.63. The van der Waals surface area contributed by atoms with Gasteiger partial charge in [0.1, 0.15) is 5.82 Å². The fourth-order valence-electron chi connectivity index (χ4n) is 2.81. The molecule has 0 bridgehead atoms. The first-order valence-electron chi connectivity index (χ1n) is 8.54. The van der Waals surface area contributed by atoms with E-state index in [0.29, 0.717) is 24.5 Å². The van der Waals surface area contributed by atoms with Crippen LogP contribution >= 0.6 is 15.9 Å². The topological polar surface area (TPSA) is 131 Å². The van der Waals surface area contributed by atoms with Crippen LogP contribution in [0.15, 0.2) is 54.3 Å². The molecular formula is C17H13BrFN7O4. The van der Waals surface area contributed by atoms with E-state index in [4.69, 9.17) is 9.15 Å². The number of hydrogen-bond acceptors (Lipinski definition) is 10. The lowest BCUT2D eigenvalue weighted by Gasteiger charge is -2.06. The summed E-state index contributed by atoms with van der Waals surface area (Å²) >= 11 is 3.08. The van der Waals surface area contributed by atoms with E-state index in [0.717, 1.165) is 10.3 Å². The second kappa shape index (κ2) is 7.97. The minimum atomic E-state index is -0.783. The summed E-state index contributed by atoms with van der Waals surface area (Å²) in [6, 6.07) is 4.00. The fourth-order valence-corrected chi connectivity index (χ4v) is 3.18. The van der Waals surface area contributed by atoms with Crippen LogP contribution in [0.1, 0.15) is 6.42 Å². The van der Waals surface area contributed by atoms with E-state index in [1.165, 1.54) is 18.2 Å².